The molecule has 0 bridgehead atoms. The number of barbiturate groups is 1. The van der Waals surface area contributed by atoms with Crippen LogP contribution in [0.2, 0.25) is 0 Å². The highest BCUT2D eigenvalue weighted by Crippen LogP contribution is 2.22. The predicted molar refractivity (Wildman–Crippen MR) is 98.0 cm³/mol. The second kappa shape index (κ2) is 6.98. The van der Waals surface area contributed by atoms with Gasteiger partial charge < -0.3 is 0 Å². The molecule has 1 aliphatic rings. The van der Waals surface area contributed by atoms with E-state index < -0.39 is 23.8 Å². The maximum Gasteiger partial charge on any atom is 0.335 e. The predicted octanol–water partition coefficient (Wildman–Crippen LogP) is 3.36. The number of halogens is 1. The van der Waals surface area contributed by atoms with Crippen LogP contribution >= 0.6 is 15.9 Å². The molecular formula is C18H14BrN3O3. The minimum absolute atomic E-state index is 0.413. The first kappa shape index (κ1) is 17.0. The summed E-state index contributed by atoms with van der Waals surface area (Å²) in [5.74, 6) is -2.48. The molecule has 126 valence electrons. The number of hydrogen-bond donors (Lipinski definition) is 1. The highest BCUT2D eigenvalue weighted by atomic mass is 79.9. The van der Waals surface area contributed by atoms with Gasteiger partial charge in [0.2, 0.25) is 5.91 Å². The summed E-state index contributed by atoms with van der Waals surface area (Å²) in [5.41, 5.74) is 1.90. The number of benzene rings is 2. The first-order chi connectivity index (χ1) is 12.0. The van der Waals surface area contributed by atoms with Gasteiger partial charge in [0.1, 0.15) is 0 Å². The van der Waals surface area contributed by atoms with E-state index in [1.54, 1.807) is 36.4 Å². The topological polar surface area (TPSA) is 78.8 Å². The Labute approximate surface area is 152 Å². The molecule has 7 heteroatoms. The Kier molecular flexibility index (Phi) is 4.76. The molecule has 0 unspecified atom stereocenters. The number of urea groups is 1. The lowest BCUT2D eigenvalue weighted by atomic mass is 10.1. The summed E-state index contributed by atoms with van der Waals surface area (Å²) in [6.45, 7) is 1.85. The molecule has 0 aromatic heterocycles. The molecule has 0 aliphatic carbocycles. The minimum atomic E-state index is -1.17. The van der Waals surface area contributed by atoms with E-state index in [9.17, 15) is 14.4 Å². The molecule has 3 rings (SSSR count). The molecular weight excluding hydrogens is 386 g/mol. The van der Waals surface area contributed by atoms with Crippen LogP contribution in [0.15, 0.2) is 58.0 Å². The second-order valence-corrected chi connectivity index (χ2v) is 6.46. The van der Waals surface area contributed by atoms with Gasteiger partial charge in [-0.15, -0.1) is 0 Å². The van der Waals surface area contributed by atoms with Crippen LogP contribution in [0.25, 0.3) is 0 Å². The zero-order valence-electron chi connectivity index (χ0n) is 13.3. The Morgan fingerprint density at radius 2 is 1.88 bits per heavy atom. The third kappa shape index (κ3) is 3.66. The molecule has 1 atom stereocenters. The lowest BCUT2D eigenvalue weighted by Gasteiger charge is -2.28. The second-order valence-electron chi connectivity index (χ2n) is 5.54. The largest absolute Gasteiger partial charge is 0.335 e. The van der Waals surface area contributed by atoms with E-state index in [2.05, 4.69) is 26.2 Å². The number of aryl methyl sites for hydroxylation is 1. The Morgan fingerprint density at radius 3 is 2.60 bits per heavy atom. The molecule has 4 amide bonds. The highest BCUT2D eigenvalue weighted by molar-refractivity contribution is 9.10. The van der Waals surface area contributed by atoms with Gasteiger partial charge in [-0.3, -0.25) is 19.9 Å². The lowest BCUT2D eigenvalue weighted by Crippen LogP contribution is -2.58. The SMILES string of the molecule is Cc1cccc(N2C(=O)NC(=O)[C@H](C=Nc3cccc(Br)c3)C2=O)c1. The Balaban J connectivity index is 1.90. The summed E-state index contributed by atoms with van der Waals surface area (Å²) in [5, 5.41) is 2.20. The van der Waals surface area contributed by atoms with Crippen LogP contribution in [0, 0.1) is 12.8 Å². The Bertz CT molecular complexity index is 895. The molecule has 1 N–H and O–H groups in total. The number of nitrogens with zero attached hydrogens (tertiary/aromatic N) is 2. The van der Waals surface area contributed by atoms with E-state index >= 15 is 0 Å². The molecule has 25 heavy (non-hydrogen) atoms. The van der Waals surface area contributed by atoms with Crippen molar-refractivity contribution in [1.29, 1.82) is 0 Å². The van der Waals surface area contributed by atoms with Gasteiger partial charge in [-0.2, -0.15) is 0 Å². The van der Waals surface area contributed by atoms with E-state index in [0.717, 1.165) is 14.9 Å². The lowest BCUT2D eigenvalue weighted by molar-refractivity contribution is -0.131. The first-order valence-electron chi connectivity index (χ1n) is 7.51. The molecule has 2 aromatic carbocycles. The number of imide groups is 2. The molecule has 0 spiro atoms. The smallest absolute Gasteiger partial charge is 0.276 e. The summed E-state index contributed by atoms with van der Waals surface area (Å²) >= 11 is 3.33. The number of nitrogens with one attached hydrogen (secondary N) is 1. The molecule has 6 nitrogen and oxygen atoms in total. The fourth-order valence-corrected chi connectivity index (χ4v) is 2.84. The van der Waals surface area contributed by atoms with Gasteiger partial charge in [0, 0.05) is 10.7 Å². The molecule has 2 aromatic rings. The Hall–Kier alpha value is -2.80. The first-order valence-corrected chi connectivity index (χ1v) is 8.30. The van der Waals surface area contributed by atoms with Crippen molar-refractivity contribution in [2.24, 2.45) is 10.9 Å². The Morgan fingerprint density at radius 1 is 1.12 bits per heavy atom. The van der Waals surface area contributed by atoms with Crippen LogP contribution in [-0.4, -0.2) is 24.1 Å². The van der Waals surface area contributed by atoms with Gasteiger partial charge in [0.25, 0.3) is 5.91 Å². The molecule has 1 saturated heterocycles. The number of aliphatic imine (C=N–C) groups is 1. The number of anilines is 1. The molecule has 1 heterocycles. The molecule has 0 saturated carbocycles. The maximum absolute atomic E-state index is 12.7. The summed E-state index contributed by atoms with van der Waals surface area (Å²) in [7, 11) is 0. The van der Waals surface area contributed by atoms with Crippen molar-refractivity contribution in [2.75, 3.05) is 4.90 Å². The van der Waals surface area contributed by atoms with Crippen molar-refractivity contribution < 1.29 is 14.4 Å². The zero-order valence-corrected chi connectivity index (χ0v) is 14.9. The van der Waals surface area contributed by atoms with Crippen molar-refractivity contribution >= 4 is 51.4 Å². The van der Waals surface area contributed by atoms with Gasteiger partial charge in [-0.1, -0.05) is 34.1 Å². The summed E-state index contributed by atoms with van der Waals surface area (Å²) in [4.78, 5) is 42.0. The van der Waals surface area contributed by atoms with Crippen LogP contribution in [0.5, 0.6) is 0 Å². The number of amides is 4. The van der Waals surface area contributed by atoms with E-state index in [-0.39, 0.29) is 0 Å². The van der Waals surface area contributed by atoms with Crippen LogP contribution in [0.1, 0.15) is 5.56 Å². The van der Waals surface area contributed by atoms with Gasteiger partial charge >= 0.3 is 6.03 Å². The standard InChI is InChI=1S/C18H14BrN3O3/c1-11-4-2-7-14(8-11)22-17(24)15(16(23)21-18(22)25)10-20-13-6-3-5-12(19)9-13/h2-10,15H,1H3,(H,21,23,25)/t15-/m0/s1. The van der Waals surface area contributed by atoms with E-state index in [1.807, 2.05) is 19.1 Å². The average Bonchev–Trinajstić information content (AvgIpc) is 2.54. The van der Waals surface area contributed by atoms with E-state index in [4.69, 9.17) is 0 Å². The van der Waals surface area contributed by atoms with Crippen LogP contribution in [-0.2, 0) is 9.59 Å². The number of rotatable bonds is 3. The third-order valence-corrected chi connectivity index (χ3v) is 4.14. The van der Waals surface area contributed by atoms with Gasteiger partial charge in [-0.05, 0) is 42.8 Å². The third-order valence-electron chi connectivity index (χ3n) is 3.64. The zero-order chi connectivity index (χ0) is 18.0. The van der Waals surface area contributed by atoms with Gasteiger partial charge in [0.05, 0.1) is 11.4 Å². The van der Waals surface area contributed by atoms with Crippen LogP contribution < -0.4 is 10.2 Å². The molecule has 1 aliphatic heterocycles. The van der Waals surface area contributed by atoms with Crippen molar-refractivity contribution in [3.63, 3.8) is 0 Å². The number of hydrogen-bond acceptors (Lipinski definition) is 4. The normalized spacial score (nSPS) is 17.9. The number of carbonyl (C=O) groups excluding carboxylic acids is 3. The fourth-order valence-electron chi connectivity index (χ4n) is 2.45. The van der Waals surface area contributed by atoms with Crippen molar-refractivity contribution in [2.45, 2.75) is 6.92 Å². The van der Waals surface area contributed by atoms with Gasteiger partial charge in [0.15, 0.2) is 5.92 Å². The van der Waals surface area contributed by atoms with Crippen LogP contribution in [0.4, 0.5) is 16.2 Å². The minimum Gasteiger partial charge on any atom is -0.276 e. The van der Waals surface area contributed by atoms with Crippen LogP contribution in [0.3, 0.4) is 0 Å². The van der Waals surface area contributed by atoms with Crippen molar-refractivity contribution in [3.8, 4) is 0 Å². The van der Waals surface area contributed by atoms with Crippen molar-refractivity contribution in [3.05, 3.63) is 58.6 Å². The summed E-state index contributed by atoms with van der Waals surface area (Å²) in [6.07, 6.45) is 1.26. The molecule has 1 fully saturated rings. The van der Waals surface area contributed by atoms with Gasteiger partial charge in [-0.25, -0.2) is 9.69 Å². The molecule has 0 radical (unpaired) electrons. The summed E-state index contributed by atoms with van der Waals surface area (Å²) in [6, 6.07) is 13.3. The van der Waals surface area contributed by atoms with E-state index in [1.165, 1.54) is 6.21 Å². The van der Waals surface area contributed by atoms with Crippen molar-refractivity contribution in [1.82, 2.24) is 5.32 Å². The number of carbonyl (C=O) groups is 3. The van der Waals surface area contributed by atoms with E-state index in [0.29, 0.717) is 11.4 Å². The summed E-state index contributed by atoms with van der Waals surface area (Å²) < 4.78 is 0.832. The average molecular weight is 400 g/mol. The maximum atomic E-state index is 12.7. The quantitative estimate of drug-likeness (QED) is 0.634. The monoisotopic (exact) mass is 399 g/mol. The fraction of sp³-hybridized carbons (Fsp3) is 0.111. The highest BCUT2D eigenvalue weighted by Gasteiger charge is 2.40.